The maximum absolute atomic E-state index is 13.1. The third-order valence-corrected chi connectivity index (χ3v) is 4.96. The Morgan fingerprint density at radius 3 is 2.31 bits per heavy atom. The summed E-state index contributed by atoms with van der Waals surface area (Å²) in [6.45, 7) is 6.53. The molecule has 3 unspecified atom stereocenters. The highest BCUT2D eigenvalue weighted by Gasteiger charge is 2.30. The molecule has 3 atom stereocenters. The van der Waals surface area contributed by atoms with Gasteiger partial charge in [-0.05, 0) is 45.0 Å². The second-order valence-electron chi connectivity index (χ2n) is 7.25. The van der Waals surface area contributed by atoms with Crippen LogP contribution in [0.1, 0.15) is 26.8 Å². The van der Waals surface area contributed by atoms with Gasteiger partial charge in [0.1, 0.15) is 17.5 Å². The number of nitrogens with zero attached hydrogens (tertiary/aromatic N) is 3. The number of aromatic nitrogens is 2. The van der Waals surface area contributed by atoms with Gasteiger partial charge in [-0.3, -0.25) is 9.59 Å². The molecule has 0 bridgehead atoms. The predicted molar refractivity (Wildman–Crippen MR) is 108 cm³/mol. The van der Waals surface area contributed by atoms with Crippen molar-refractivity contribution < 1.29 is 19.0 Å². The van der Waals surface area contributed by atoms with Crippen molar-refractivity contribution in [2.24, 2.45) is 0 Å². The van der Waals surface area contributed by atoms with E-state index in [0.29, 0.717) is 30.3 Å². The molecule has 1 saturated heterocycles. The largest absolute Gasteiger partial charge is 0.497 e. The van der Waals surface area contributed by atoms with Crippen LogP contribution in [0.2, 0.25) is 0 Å². The zero-order valence-electron chi connectivity index (χ0n) is 17.4. The normalized spacial score (nSPS) is 20.2. The fraction of sp³-hybridized carbons (Fsp3) is 0.476. The Morgan fingerprint density at radius 1 is 1.14 bits per heavy atom. The number of hydrogen-bond donors (Lipinski definition) is 0. The molecular weight excluding hydrogens is 374 g/mol. The van der Waals surface area contributed by atoms with Crippen molar-refractivity contribution in [3.63, 3.8) is 0 Å². The van der Waals surface area contributed by atoms with Gasteiger partial charge in [-0.15, -0.1) is 0 Å². The first-order valence-corrected chi connectivity index (χ1v) is 9.60. The van der Waals surface area contributed by atoms with Gasteiger partial charge >= 0.3 is 0 Å². The van der Waals surface area contributed by atoms with E-state index in [1.165, 1.54) is 17.9 Å². The first-order valence-electron chi connectivity index (χ1n) is 9.60. The predicted octanol–water partition coefficient (Wildman–Crippen LogP) is 2.12. The maximum atomic E-state index is 13.1. The molecule has 1 amide bonds. The molecule has 0 aliphatic carbocycles. The third kappa shape index (κ3) is 4.42. The molecule has 0 N–H and O–H groups in total. The lowest BCUT2D eigenvalue weighted by Crippen LogP contribution is -2.50. The molecule has 1 aromatic carbocycles. The standard InChI is InChI=1S/C21H27N3O5/c1-13-11-23(12-14(2)29-13)21(26)15(3)24-19(25)10-18(28-5)20(22-24)16-6-8-17(27-4)9-7-16/h6-10,13-15H,11-12H2,1-5H3. The number of carbonyl (C=O) groups excluding carboxylic acids is 1. The summed E-state index contributed by atoms with van der Waals surface area (Å²) in [5.74, 6) is 0.900. The monoisotopic (exact) mass is 401 g/mol. The van der Waals surface area contributed by atoms with Crippen LogP contribution in [-0.4, -0.2) is 60.1 Å². The molecule has 1 fully saturated rings. The average molecular weight is 401 g/mol. The number of benzene rings is 1. The summed E-state index contributed by atoms with van der Waals surface area (Å²) < 4.78 is 17.5. The number of morpholine rings is 1. The molecule has 1 aliphatic rings. The lowest BCUT2D eigenvalue weighted by atomic mass is 10.1. The van der Waals surface area contributed by atoms with Gasteiger partial charge in [0.15, 0.2) is 5.75 Å². The van der Waals surface area contributed by atoms with Crippen molar-refractivity contribution in [1.29, 1.82) is 0 Å². The van der Waals surface area contributed by atoms with E-state index in [2.05, 4.69) is 5.10 Å². The van der Waals surface area contributed by atoms with Crippen LogP contribution in [0.15, 0.2) is 35.1 Å². The first-order chi connectivity index (χ1) is 13.8. The fourth-order valence-electron chi connectivity index (χ4n) is 3.56. The van der Waals surface area contributed by atoms with E-state index < -0.39 is 11.6 Å². The SMILES string of the molecule is COc1ccc(-c2nn(C(C)C(=O)N3CC(C)OC(C)C3)c(=O)cc2OC)cc1. The van der Waals surface area contributed by atoms with Crippen LogP contribution in [0.4, 0.5) is 0 Å². The van der Waals surface area contributed by atoms with Crippen molar-refractivity contribution in [3.05, 3.63) is 40.7 Å². The van der Waals surface area contributed by atoms with Crippen LogP contribution in [0, 0.1) is 0 Å². The summed E-state index contributed by atoms with van der Waals surface area (Å²) in [5, 5.41) is 4.48. The number of amides is 1. The van der Waals surface area contributed by atoms with Gasteiger partial charge in [0.05, 0.1) is 26.4 Å². The van der Waals surface area contributed by atoms with Gasteiger partial charge in [-0.25, -0.2) is 4.68 Å². The van der Waals surface area contributed by atoms with Gasteiger partial charge < -0.3 is 19.1 Å². The molecule has 29 heavy (non-hydrogen) atoms. The number of methoxy groups -OCH3 is 2. The van der Waals surface area contributed by atoms with Crippen molar-refractivity contribution in [2.45, 2.75) is 39.0 Å². The minimum Gasteiger partial charge on any atom is -0.497 e. The van der Waals surface area contributed by atoms with E-state index in [4.69, 9.17) is 14.2 Å². The summed E-state index contributed by atoms with van der Waals surface area (Å²) in [4.78, 5) is 27.4. The number of hydrogen-bond acceptors (Lipinski definition) is 6. The van der Waals surface area contributed by atoms with Crippen LogP contribution >= 0.6 is 0 Å². The molecule has 2 aromatic rings. The van der Waals surface area contributed by atoms with E-state index in [1.54, 1.807) is 31.1 Å². The van der Waals surface area contributed by atoms with E-state index >= 15 is 0 Å². The zero-order chi connectivity index (χ0) is 21.1. The number of carbonyl (C=O) groups is 1. The summed E-state index contributed by atoms with van der Waals surface area (Å²) in [7, 11) is 3.08. The lowest BCUT2D eigenvalue weighted by molar-refractivity contribution is -0.146. The van der Waals surface area contributed by atoms with Gasteiger partial charge in [0.2, 0.25) is 5.91 Å². The Balaban J connectivity index is 1.96. The smallest absolute Gasteiger partial charge is 0.271 e. The molecule has 0 saturated carbocycles. The van der Waals surface area contributed by atoms with Gasteiger partial charge in [-0.1, -0.05) is 0 Å². The molecule has 0 spiro atoms. The summed E-state index contributed by atoms with van der Waals surface area (Å²) in [6, 6.07) is 7.88. The molecule has 0 radical (unpaired) electrons. The molecule has 8 heteroatoms. The number of ether oxygens (including phenoxy) is 3. The van der Waals surface area contributed by atoms with E-state index in [1.807, 2.05) is 26.0 Å². The fourth-order valence-corrected chi connectivity index (χ4v) is 3.56. The Bertz CT molecular complexity index is 915. The molecule has 1 aliphatic heterocycles. The van der Waals surface area contributed by atoms with E-state index in [9.17, 15) is 9.59 Å². The molecule has 8 nitrogen and oxygen atoms in total. The number of rotatable bonds is 5. The zero-order valence-corrected chi connectivity index (χ0v) is 17.4. The Hall–Kier alpha value is -2.87. The summed E-state index contributed by atoms with van der Waals surface area (Å²) in [6.07, 6.45) is -0.101. The summed E-state index contributed by atoms with van der Waals surface area (Å²) in [5.41, 5.74) is 0.845. The average Bonchev–Trinajstić information content (AvgIpc) is 2.71. The summed E-state index contributed by atoms with van der Waals surface area (Å²) >= 11 is 0. The Kier molecular flexibility index (Phi) is 6.22. The van der Waals surface area contributed by atoms with E-state index in [0.717, 1.165) is 5.56 Å². The van der Waals surface area contributed by atoms with Gasteiger partial charge in [0, 0.05) is 24.7 Å². The topological polar surface area (TPSA) is 82.9 Å². The third-order valence-electron chi connectivity index (χ3n) is 4.96. The highest BCUT2D eigenvalue weighted by molar-refractivity contribution is 5.80. The molecule has 3 rings (SSSR count). The quantitative estimate of drug-likeness (QED) is 0.763. The lowest BCUT2D eigenvalue weighted by Gasteiger charge is -2.36. The van der Waals surface area contributed by atoms with Gasteiger partial charge in [0.25, 0.3) is 5.56 Å². The van der Waals surface area contributed by atoms with E-state index in [-0.39, 0.29) is 18.1 Å². The minimum absolute atomic E-state index is 0.0506. The Labute approximate surface area is 170 Å². The molecule has 156 valence electrons. The minimum atomic E-state index is -0.747. The second-order valence-corrected chi connectivity index (χ2v) is 7.25. The second kappa shape index (κ2) is 8.65. The van der Waals surface area contributed by atoms with Crippen molar-refractivity contribution in [3.8, 4) is 22.8 Å². The van der Waals surface area contributed by atoms with Crippen LogP contribution in [0.5, 0.6) is 11.5 Å². The van der Waals surface area contributed by atoms with Crippen LogP contribution in [-0.2, 0) is 9.53 Å². The maximum Gasteiger partial charge on any atom is 0.271 e. The van der Waals surface area contributed by atoms with Crippen LogP contribution < -0.4 is 15.0 Å². The van der Waals surface area contributed by atoms with Gasteiger partial charge in [-0.2, -0.15) is 5.10 Å². The Morgan fingerprint density at radius 2 is 1.76 bits per heavy atom. The highest BCUT2D eigenvalue weighted by atomic mass is 16.5. The van der Waals surface area contributed by atoms with Crippen LogP contribution in [0.3, 0.4) is 0 Å². The van der Waals surface area contributed by atoms with Crippen molar-refractivity contribution >= 4 is 5.91 Å². The van der Waals surface area contributed by atoms with Crippen molar-refractivity contribution in [1.82, 2.24) is 14.7 Å². The molecular formula is C21H27N3O5. The van der Waals surface area contributed by atoms with Crippen molar-refractivity contribution in [2.75, 3.05) is 27.3 Å². The highest BCUT2D eigenvalue weighted by Crippen LogP contribution is 2.28. The molecule has 2 heterocycles. The molecule has 1 aromatic heterocycles. The van der Waals surface area contributed by atoms with Crippen LogP contribution in [0.25, 0.3) is 11.3 Å². The first kappa shape index (κ1) is 20.9.